The Morgan fingerprint density at radius 1 is 1.07 bits per heavy atom. The van der Waals surface area contributed by atoms with E-state index in [1.807, 2.05) is 32.0 Å². The van der Waals surface area contributed by atoms with Crippen molar-refractivity contribution in [3.8, 4) is 17.2 Å². The standard InChI is InChI=1S/C22H30N4O2/c1-8-13(3)23-22-21-16(6)26(15(5)20(21)14(4)24-25-22)18-11-10-17(28-9-2)12-19(18)27-7/h10-13H,8-9H2,1-7H3,(H,23,25). The molecule has 0 amide bonds. The van der Waals surface area contributed by atoms with Crippen molar-refractivity contribution in [2.45, 2.75) is 54.0 Å². The van der Waals surface area contributed by atoms with Gasteiger partial charge in [0.15, 0.2) is 5.82 Å². The third-order valence-electron chi connectivity index (χ3n) is 5.24. The fraction of sp³-hybridized carbons (Fsp3) is 0.455. The number of nitrogens with zero attached hydrogens (tertiary/aromatic N) is 3. The van der Waals surface area contributed by atoms with E-state index in [1.165, 1.54) is 0 Å². The molecule has 1 unspecified atom stereocenters. The van der Waals surface area contributed by atoms with Crippen LogP contribution in [0.1, 0.15) is 44.3 Å². The summed E-state index contributed by atoms with van der Waals surface area (Å²) in [6.07, 6.45) is 1.02. The number of aromatic nitrogens is 3. The van der Waals surface area contributed by atoms with E-state index in [2.05, 4.69) is 47.8 Å². The van der Waals surface area contributed by atoms with Crippen LogP contribution in [0.3, 0.4) is 0 Å². The molecule has 150 valence electrons. The van der Waals surface area contributed by atoms with Crippen molar-refractivity contribution in [1.82, 2.24) is 14.8 Å². The van der Waals surface area contributed by atoms with Crippen LogP contribution < -0.4 is 14.8 Å². The Hall–Kier alpha value is -2.76. The molecule has 0 spiro atoms. The SMILES string of the molecule is CCOc1ccc(-n2c(C)c3c(C)nnc(NC(C)CC)c3c2C)c(OC)c1. The zero-order valence-corrected chi connectivity index (χ0v) is 17.9. The fourth-order valence-electron chi connectivity index (χ4n) is 3.69. The van der Waals surface area contributed by atoms with Gasteiger partial charge in [0.2, 0.25) is 0 Å². The molecule has 0 saturated carbocycles. The van der Waals surface area contributed by atoms with Gasteiger partial charge in [0.25, 0.3) is 0 Å². The summed E-state index contributed by atoms with van der Waals surface area (Å²) in [5, 5.41) is 14.6. The van der Waals surface area contributed by atoms with Gasteiger partial charge in [-0.2, -0.15) is 5.10 Å². The van der Waals surface area contributed by atoms with Gasteiger partial charge in [-0.05, 0) is 53.2 Å². The summed E-state index contributed by atoms with van der Waals surface area (Å²) in [5.41, 5.74) is 4.13. The average molecular weight is 383 g/mol. The molecule has 0 aliphatic rings. The molecule has 28 heavy (non-hydrogen) atoms. The lowest BCUT2D eigenvalue weighted by Gasteiger charge is -2.15. The minimum absolute atomic E-state index is 0.322. The van der Waals surface area contributed by atoms with Gasteiger partial charge >= 0.3 is 0 Å². The molecule has 0 aliphatic carbocycles. The summed E-state index contributed by atoms with van der Waals surface area (Å²) in [4.78, 5) is 0. The summed E-state index contributed by atoms with van der Waals surface area (Å²) < 4.78 is 13.5. The molecule has 0 aliphatic heterocycles. The summed E-state index contributed by atoms with van der Waals surface area (Å²) >= 11 is 0. The minimum Gasteiger partial charge on any atom is -0.494 e. The third-order valence-corrected chi connectivity index (χ3v) is 5.24. The van der Waals surface area contributed by atoms with E-state index < -0.39 is 0 Å². The number of nitrogens with one attached hydrogen (secondary N) is 1. The van der Waals surface area contributed by atoms with Gasteiger partial charge in [0.1, 0.15) is 11.5 Å². The minimum atomic E-state index is 0.322. The zero-order chi connectivity index (χ0) is 20.4. The van der Waals surface area contributed by atoms with E-state index in [1.54, 1.807) is 7.11 Å². The second-order valence-electron chi connectivity index (χ2n) is 7.11. The topological polar surface area (TPSA) is 61.2 Å². The van der Waals surface area contributed by atoms with Gasteiger partial charge in [-0.15, -0.1) is 5.10 Å². The van der Waals surface area contributed by atoms with Crippen molar-refractivity contribution < 1.29 is 9.47 Å². The Balaban J connectivity index is 2.26. The predicted molar refractivity (Wildman–Crippen MR) is 114 cm³/mol. The Morgan fingerprint density at radius 2 is 1.79 bits per heavy atom. The highest BCUT2D eigenvalue weighted by molar-refractivity contribution is 5.98. The molecule has 6 heteroatoms. The van der Waals surface area contributed by atoms with Crippen LogP contribution in [-0.4, -0.2) is 34.5 Å². The maximum atomic E-state index is 5.69. The van der Waals surface area contributed by atoms with Gasteiger partial charge in [0.05, 0.1) is 25.1 Å². The summed E-state index contributed by atoms with van der Waals surface area (Å²) in [7, 11) is 1.69. The monoisotopic (exact) mass is 382 g/mol. The third kappa shape index (κ3) is 3.39. The number of methoxy groups -OCH3 is 1. The summed E-state index contributed by atoms with van der Waals surface area (Å²) in [6.45, 7) is 13.2. The second kappa shape index (κ2) is 8.09. The Bertz CT molecular complexity index is 994. The van der Waals surface area contributed by atoms with Crippen LogP contribution in [-0.2, 0) is 0 Å². The van der Waals surface area contributed by atoms with E-state index in [4.69, 9.17) is 9.47 Å². The first-order valence-electron chi connectivity index (χ1n) is 9.85. The van der Waals surface area contributed by atoms with Gasteiger partial charge in [-0.3, -0.25) is 0 Å². The number of hydrogen-bond acceptors (Lipinski definition) is 5. The predicted octanol–water partition coefficient (Wildman–Crippen LogP) is 4.96. The Labute approximate surface area is 166 Å². The van der Waals surface area contributed by atoms with E-state index in [0.29, 0.717) is 12.6 Å². The van der Waals surface area contributed by atoms with Crippen LogP contribution in [0.25, 0.3) is 16.5 Å². The van der Waals surface area contributed by atoms with Crippen molar-refractivity contribution >= 4 is 16.6 Å². The largest absolute Gasteiger partial charge is 0.494 e. The van der Waals surface area contributed by atoms with Crippen LogP contribution in [0, 0.1) is 20.8 Å². The Kier molecular flexibility index (Phi) is 5.77. The smallest absolute Gasteiger partial charge is 0.158 e. The van der Waals surface area contributed by atoms with Crippen LogP contribution in [0.4, 0.5) is 5.82 Å². The van der Waals surface area contributed by atoms with Crippen molar-refractivity contribution in [2.75, 3.05) is 19.0 Å². The van der Waals surface area contributed by atoms with E-state index in [9.17, 15) is 0 Å². The maximum Gasteiger partial charge on any atom is 0.158 e. The van der Waals surface area contributed by atoms with Crippen LogP contribution in [0.5, 0.6) is 11.5 Å². The molecule has 0 fully saturated rings. The van der Waals surface area contributed by atoms with Gasteiger partial charge < -0.3 is 19.4 Å². The zero-order valence-electron chi connectivity index (χ0n) is 17.9. The summed E-state index contributed by atoms with van der Waals surface area (Å²) in [5.74, 6) is 2.40. The fourth-order valence-corrected chi connectivity index (χ4v) is 3.69. The number of hydrogen-bond donors (Lipinski definition) is 1. The molecule has 2 aromatic heterocycles. The number of benzene rings is 1. The highest BCUT2D eigenvalue weighted by atomic mass is 16.5. The first-order chi connectivity index (χ1) is 13.4. The Morgan fingerprint density at radius 3 is 2.43 bits per heavy atom. The molecule has 3 aromatic rings. The second-order valence-corrected chi connectivity index (χ2v) is 7.11. The first-order valence-corrected chi connectivity index (χ1v) is 9.85. The van der Waals surface area contributed by atoms with Crippen molar-refractivity contribution in [3.63, 3.8) is 0 Å². The van der Waals surface area contributed by atoms with Crippen molar-refractivity contribution in [1.29, 1.82) is 0 Å². The molecular weight excluding hydrogens is 352 g/mol. The quantitative estimate of drug-likeness (QED) is 0.625. The number of fused-ring (bicyclic) bond motifs is 1. The van der Waals surface area contributed by atoms with Gasteiger partial charge in [-0.25, -0.2) is 0 Å². The molecule has 2 heterocycles. The molecule has 1 N–H and O–H groups in total. The van der Waals surface area contributed by atoms with Crippen molar-refractivity contribution in [2.24, 2.45) is 0 Å². The first kappa shape index (κ1) is 20.0. The number of ether oxygens (including phenoxy) is 2. The lowest BCUT2D eigenvalue weighted by molar-refractivity contribution is 0.336. The van der Waals surface area contributed by atoms with Crippen LogP contribution in [0.15, 0.2) is 18.2 Å². The maximum absolute atomic E-state index is 5.69. The molecule has 6 nitrogen and oxygen atoms in total. The van der Waals surface area contributed by atoms with E-state index >= 15 is 0 Å². The van der Waals surface area contributed by atoms with Crippen LogP contribution >= 0.6 is 0 Å². The van der Waals surface area contributed by atoms with Gasteiger partial charge in [0, 0.05) is 34.3 Å². The number of aryl methyl sites for hydroxylation is 3. The molecule has 0 bridgehead atoms. The molecular formula is C22H30N4O2. The average Bonchev–Trinajstić information content (AvgIpc) is 2.95. The van der Waals surface area contributed by atoms with Gasteiger partial charge in [-0.1, -0.05) is 6.92 Å². The lowest BCUT2D eigenvalue weighted by Crippen LogP contribution is -2.15. The summed E-state index contributed by atoms with van der Waals surface area (Å²) in [6, 6.07) is 6.28. The lowest BCUT2D eigenvalue weighted by atomic mass is 10.1. The molecule has 3 rings (SSSR count). The normalized spacial score (nSPS) is 12.2. The van der Waals surface area contributed by atoms with E-state index in [-0.39, 0.29) is 0 Å². The number of anilines is 1. The molecule has 0 radical (unpaired) electrons. The van der Waals surface area contributed by atoms with Crippen molar-refractivity contribution in [3.05, 3.63) is 35.3 Å². The molecule has 1 aromatic carbocycles. The van der Waals surface area contributed by atoms with Crippen LogP contribution in [0.2, 0.25) is 0 Å². The molecule has 0 saturated heterocycles. The highest BCUT2D eigenvalue weighted by Gasteiger charge is 2.21. The number of rotatable bonds is 7. The highest BCUT2D eigenvalue weighted by Crippen LogP contribution is 2.37. The molecule has 1 atom stereocenters. The van der Waals surface area contributed by atoms with E-state index in [0.717, 1.165) is 57.3 Å².